The number of carbonyl (C=O) groups is 8. The van der Waals surface area contributed by atoms with E-state index < -0.39 is 92.3 Å². The van der Waals surface area contributed by atoms with Crippen LogP contribution in [-0.4, -0.2) is 88.6 Å². The van der Waals surface area contributed by atoms with Crippen molar-refractivity contribution in [1.29, 1.82) is 0 Å². The number of aromatic carboxylic acids is 6. The molecule has 0 spiro atoms. The molecular formula is C44H30N2O17. The molecular weight excluding hydrogens is 828 g/mol. The van der Waals surface area contributed by atoms with Crippen LogP contribution in [0.4, 0.5) is 11.4 Å². The van der Waals surface area contributed by atoms with Gasteiger partial charge in [0.15, 0.2) is 0 Å². The Hall–Kier alpha value is -9.52. The van der Waals surface area contributed by atoms with Crippen molar-refractivity contribution < 1.29 is 83.9 Å². The molecule has 19 heteroatoms. The summed E-state index contributed by atoms with van der Waals surface area (Å²) in [6.07, 6.45) is 0. The van der Waals surface area contributed by atoms with Crippen molar-refractivity contribution in [3.63, 3.8) is 0 Å². The summed E-state index contributed by atoms with van der Waals surface area (Å²) in [5.41, 5.74) is 6.66. The summed E-state index contributed by atoms with van der Waals surface area (Å²) in [7, 11) is 0. The van der Waals surface area contributed by atoms with Crippen molar-refractivity contribution >= 4 is 59.1 Å². The van der Waals surface area contributed by atoms with Gasteiger partial charge in [-0.1, -0.05) is 48.5 Å². The quantitative estimate of drug-likeness (QED) is 0.0303. The van der Waals surface area contributed by atoms with Crippen LogP contribution in [0.15, 0.2) is 109 Å². The molecule has 0 aliphatic carbocycles. The highest BCUT2D eigenvalue weighted by Gasteiger charge is 2.30. The van der Waals surface area contributed by atoms with Gasteiger partial charge in [0.25, 0.3) is 0 Å². The number of benzene rings is 6. The fourth-order valence-corrected chi connectivity index (χ4v) is 6.17. The number of anilines is 2. The third-order valence-corrected chi connectivity index (χ3v) is 9.16. The molecule has 6 rings (SSSR count). The van der Waals surface area contributed by atoms with E-state index in [4.69, 9.17) is 16.2 Å². The van der Waals surface area contributed by atoms with Gasteiger partial charge in [-0.15, -0.1) is 0 Å². The summed E-state index contributed by atoms with van der Waals surface area (Å²) in [5, 5.41) is 76.3. The van der Waals surface area contributed by atoms with E-state index in [1.807, 2.05) is 0 Å². The molecule has 318 valence electrons. The Morgan fingerprint density at radius 3 is 0.984 bits per heavy atom. The number of carboxylic acid groups (broad SMARTS) is 6. The fraction of sp³-hybridized carbons (Fsp3) is 0. The molecule has 6 aromatic carbocycles. The monoisotopic (exact) mass is 858 g/mol. The summed E-state index contributed by atoms with van der Waals surface area (Å²) in [4.78, 5) is 97.8. The maximum absolute atomic E-state index is 13.5. The number of aromatic hydroxyl groups is 2. The van der Waals surface area contributed by atoms with E-state index in [9.17, 15) is 79.2 Å². The van der Waals surface area contributed by atoms with E-state index in [0.717, 1.165) is 59.7 Å². The van der Waals surface area contributed by atoms with Crippen LogP contribution in [0.25, 0.3) is 33.4 Å². The second kappa shape index (κ2) is 18.2. The van der Waals surface area contributed by atoms with Crippen LogP contribution in [-0.2, 0) is 4.74 Å². The highest BCUT2D eigenvalue weighted by Crippen LogP contribution is 2.34. The van der Waals surface area contributed by atoms with Crippen molar-refractivity contribution in [2.24, 2.45) is 0 Å². The minimum Gasteiger partial charge on any atom is -0.506 e. The number of hydrogen-bond donors (Lipinski definition) is 10. The van der Waals surface area contributed by atoms with Crippen molar-refractivity contribution in [3.8, 4) is 44.9 Å². The number of esters is 2. The molecule has 0 unspecified atom stereocenters. The number of hydrogen-bond acceptors (Lipinski definition) is 13. The first kappa shape index (κ1) is 44.6. The van der Waals surface area contributed by atoms with Gasteiger partial charge in [0.1, 0.15) is 11.5 Å². The molecule has 0 bridgehead atoms. The first-order chi connectivity index (χ1) is 29.7. The molecule has 19 nitrogen and oxygen atoms in total. The molecule has 0 atom stereocenters. The Bertz CT molecular complexity index is 2740. The average molecular weight is 859 g/mol. The van der Waals surface area contributed by atoms with E-state index in [-0.39, 0.29) is 33.8 Å². The molecule has 0 amide bonds. The van der Waals surface area contributed by atoms with Gasteiger partial charge < -0.3 is 57.1 Å². The standard InChI is InChI=1S/C32H18O15.C12H12N2O2/c33-25(34)17-9-7-13(11-21(17)29(41)42)15-3-1-5-19(27(37)38)23(15)31(45)47-32(46)24-16(4-2-6-20(24)28(39)40)14-8-10-18(26(35)36)22(12-14)30(43)44;13-9-3-1-7(5-11(9)15)8-2-4-10(14)12(16)6-8/h1-12H,(H,33,34)(H,35,36)(H,37,38)(H,39,40)(H,41,42)(H,43,44);1-6,15-16H,13-14H2. The summed E-state index contributed by atoms with van der Waals surface area (Å²) in [5.74, 6) is -13.0. The van der Waals surface area contributed by atoms with E-state index in [1.165, 1.54) is 24.3 Å². The van der Waals surface area contributed by atoms with Crippen LogP contribution in [0.2, 0.25) is 0 Å². The minimum absolute atomic E-state index is 0.0221. The number of ether oxygens (including phenoxy) is 1. The SMILES string of the molecule is Nc1ccc(-c2ccc(N)c(O)c2)cc1O.O=C(O)c1ccc(-c2cccc(C(=O)O)c2C(=O)OC(=O)c2c(C(=O)O)cccc2-c2ccc(C(=O)O)c(C(=O)O)c2)cc1C(=O)O. The van der Waals surface area contributed by atoms with E-state index >= 15 is 0 Å². The Kier molecular flexibility index (Phi) is 12.9. The molecule has 0 aromatic heterocycles. The first-order valence-corrected chi connectivity index (χ1v) is 17.6. The zero-order chi connectivity index (χ0) is 46.4. The Morgan fingerprint density at radius 2 is 0.683 bits per heavy atom. The molecule has 0 fully saturated rings. The van der Waals surface area contributed by atoms with Crippen LogP contribution in [0.1, 0.15) is 82.9 Å². The number of phenols is 2. The molecule has 12 N–H and O–H groups in total. The van der Waals surface area contributed by atoms with Crippen molar-refractivity contribution in [2.45, 2.75) is 0 Å². The van der Waals surface area contributed by atoms with Gasteiger partial charge in [-0.3, -0.25) is 0 Å². The Morgan fingerprint density at radius 1 is 0.365 bits per heavy atom. The fourth-order valence-electron chi connectivity index (χ4n) is 6.17. The van der Waals surface area contributed by atoms with E-state index in [0.29, 0.717) is 11.4 Å². The lowest BCUT2D eigenvalue weighted by Crippen LogP contribution is -2.20. The lowest BCUT2D eigenvalue weighted by molar-refractivity contribution is 0.0386. The van der Waals surface area contributed by atoms with Gasteiger partial charge in [-0.25, -0.2) is 38.4 Å². The van der Waals surface area contributed by atoms with Gasteiger partial charge in [-0.2, -0.15) is 0 Å². The molecule has 0 radical (unpaired) electrons. The van der Waals surface area contributed by atoms with Gasteiger partial charge in [-0.05, 0) is 94.0 Å². The molecule has 0 saturated heterocycles. The topological polar surface area (TPSA) is 360 Å². The summed E-state index contributed by atoms with van der Waals surface area (Å²) in [6, 6.07) is 22.2. The van der Waals surface area contributed by atoms with Crippen LogP contribution in [0.3, 0.4) is 0 Å². The van der Waals surface area contributed by atoms with E-state index in [2.05, 4.69) is 0 Å². The van der Waals surface area contributed by atoms with Crippen LogP contribution >= 0.6 is 0 Å². The largest absolute Gasteiger partial charge is 0.506 e. The smallest absolute Gasteiger partial charge is 0.347 e. The molecule has 0 aliphatic heterocycles. The maximum Gasteiger partial charge on any atom is 0.347 e. The number of carbonyl (C=O) groups excluding carboxylic acids is 2. The number of rotatable bonds is 11. The van der Waals surface area contributed by atoms with Gasteiger partial charge >= 0.3 is 47.8 Å². The Labute approximate surface area is 352 Å². The average Bonchev–Trinajstić information content (AvgIpc) is 3.24. The number of nitrogens with two attached hydrogens (primary N) is 2. The highest BCUT2D eigenvalue weighted by atomic mass is 16.6. The lowest BCUT2D eigenvalue weighted by Gasteiger charge is -2.15. The van der Waals surface area contributed by atoms with Crippen molar-refractivity contribution in [3.05, 3.63) is 154 Å². The number of phenolic OH excluding ortho intramolecular Hbond substituents is 2. The second-order valence-corrected chi connectivity index (χ2v) is 13.0. The normalized spacial score (nSPS) is 10.4. The summed E-state index contributed by atoms with van der Waals surface area (Å²) < 4.78 is 4.98. The Balaban J connectivity index is 0.000000389. The number of carboxylic acids is 6. The van der Waals surface area contributed by atoms with Gasteiger partial charge in [0, 0.05) is 0 Å². The predicted octanol–water partition coefficient (Wildman–Crippen LogP) is 6.14. The van der Waals surface area contributed by atoms with Crippen LogP contribution in [0, 0.1) is 0 Å². The summed E-state index contributed by atoms with van der Waals surface area (Å²) in [6.45, 7) is 0. The van der Waals surface area contributed by atoms with Crippen LogP contribution in [0.5, 0.6) is 11.5 Å². The third-order valence-electron chi connectivity index (χ3n) is 9.16. The number of nitrogen functional groups attached to an aromatic ring is 2. The molecule has 0 aliphatic rings. The van der Waals surface area contributed by atoms with Gasteiger partial charge in [0.2, 0.25) is 0 Å². The predicted molar refractivity (Wildman–Crippen MR) is 219 cm³/mol. The molecule has 0 saturated carbocycles. The van der Waals surface area contributed by atoms with Crippen molar-refractivity contribution in [2.75, 3.05) is 11.5 Å². The molecule has 0 heterocycles. The maximum atomic E-state index is 13.5. The highest BCUT2D eigenvalue weighted by molar-refractivity contribution is 6.15. The van der Waals surface area contributed by atoms with Crippen molar-refractivity contribution in [1.82, 2.24) is 0 Å². The molecule has 63 heavy (non-hydrogen) atoms. The van der Waals surface area contributed by atoms with E-state index in [1.54, 1.807) is 36.4 Å². The zero-order valence-corrected chi connectivity index (χ0v) is 31.8. The summed E-state index contributed by atoms with van der Waals surface area (Å²) >= 11 is 0. The third kappa shape index (κ3) is 9.53. The minimum atomic E-state index is -1.68. The lowest BCUT2D eigenvalue weighted by atomic mass is 9.92. The van der Waals surface area contributed by atoms with Crippen LogP contribution < -0.4 is 11.5 Å². The second-order valence-electron chi connectivity index (χ2n) is 13.0. The first-order valence-electron chi connectivity index (χ1n) is 17.6. The zero-order valence-electron chi connectivity index (χ0n) is 31.8. The van der Waals surface area contributed by atoms with Gasteiger partial charge in [0.05, 0.1) is 55.9 Å². The molecule has 6 aromatic rings.